The monoisotopic (exact) mass is 863 g/mol. The standard InChI is InChI=1S/C13H9FN4O.C7H4ClN3O.C7H5N3O2.C6H6FN.Cl3OP/c14-9-5-1-2-6-10(9)16-13-17-12(18-19-13)11-7-3-4-8-15-11;8-7-10-6(11-12-7)5-3-1-2-4-9-5;11-7-9-6(10-12-7)5-3-1-2-4-8-5;7-5-3-1-2-4-6(5)8;1-5(2,3)4/h1-8H,(H,16,17,18);1-4H;1-4H,(H,9,10,11);1-4H,8H2;. The van der Waals surface area contributed by atoms with E-state index in [1.807, 2.05) is 18.2 Å². The molecule has 0 aliphatic heterocycles. The third kappa shape index (κ3) is 15.4. The molecule has 23 heteroatoms. The summed E-state index contributed by atoms with van der Waals surface area (Å²) in [5.41, 5.74) is 7.45. The molecule has 0 aliphatic rings. The number of rotatable bonds is 5. The number of benzene rings is 2. The lowest BCUT2D eigenvalue weighted by molar-refractivity contribution is 0.387. The number of hydrogen-bond donors (Lipinski definition) is 3. The summed E-state index contributed by atoms with van der Waals surface area (Å²) < 4.78 is 49.0. The van der Waals surface area contributed by atoms with E-state index >= 15 is 0 Å². The fourth-order valence-corrected chi connectivity index (χ4v) is 3.79. The smallest absolute Gasteiger partial charge is 0.396 e. The van der Waals surface area contributed by atoms with Gasteiger partial charge in [0, 0.05) is 18.6 Å². The highest BCUT2D eigenvalue weighted by molar-refractivity contribution is 8.24. The Bertz CT molecular complexity index is 2450. The first-order valence-electron chi connectivity index (χ1n) is 15.2. The van der Waals surface area contributed by atoms with Gasteiger partial charge < -0.3 is 20.1 Å². The minimum Gasteiger partial charge on any atom is -0.396 e. The molecule has 4 N–H and O–H groups in total. The number of aromatic amines is 1. The summed E-state index contributed by atoms with van der Waals surface area (Å²) in [6, 6.07) is 28.6. The molecule has 0 aliphatic carbocycles. The van der Waals surface area contributed by atoms with Crippen LogP contribution in [-0.4, -0.2) is 45.4 Å². The minimum absolute atomic E-state index is 0.0238. The zero-order valence-corrected chi connectivity index (χ0v) is 31.9. The first-order chi connectivity index (χ1) is 26.9. The predicted molar refractivity (Wildman–Crippen MR) is 206 cm³/mol. The second kappa shape index (κ2) is 21.7. The lowest BCUT2D eigenvalue weighted by Gasteiger charge is -2.00. The Morgan fingerprint density at radius 1 is 0.643 bits per heavy atom. The zero-order valence-electron chi connectivity index (χ0n) is 28.0. The Hall–Kier alpha value is -6.04. The van der Waals surface area contributed by atoms with Crippen LogP contribution in [0.1, 0.15) is 0 Å². The largest absolute Gasteiger partial charge is 0.439 e. The van der Waals surface area contributed by atoms with Crippen LogP contribution in [-0.2, 0) is 4.57 Å². The van der Waals surface area contributed by atoms with Crippen LogP contribution in [0.3, 0.4) is 0 Å². The highest BCUT2D eigenvalue weighted by Gasteiger charge is 2.11. The van der Waals surface area contributed by atoms with Crippen molar-refractivity contribution in [2.75, 3.05) is 11.1 Å². The summed E-state index contributed by atoms with van der Waals surface area (Å²) >= 11 is 19.3. The number of hydrogen-bond acceptors (Lipinski definition) is 15. The van der Waals surface area contributed by atoms with Crippen LogP contribution in [0.5, 0.6) is 0 Å². The molecule has 2 aromatic carbocycles. The molecule has 0 fully saturated rings. The number of halogens is 6. The topological polar surface area (TPSA) is 231 Å². The molecule has 0 spiro atoms. The summed E-state index contributed by atoms with van der Waals surface area (Å²) in [6.45, 7) is 0. The quantitative estimate of drug-likeness (QED) is 0.108. The summed E-state index contributed by atoms with van der Waals surface area (Å²) in [5.74, 6) is -0.219. The molecule has 56 heavy (non-hydrogen) atoms. The van der Waals surface area contributed by atoms with E-state index in [1.165, 1.54) is 18.2 Å². The van der Waals surface area contributed by atoms with E-state index in [9.17, 15) is 18.1 Å². The molecule has 8 rings (SSSR count). The SMILES string of the molecule is Clc1nc(-c2ccccn2)no1.Fc1ccccc1Nc1nc(-c2ccccn2)no1.Nc1ccccc1F.O=P(Cl)(Cl)Cl.O=c1[nH]c(-c2ccccn2)no1. The van der Waals surface area contributed by atoms with E-state index in [1.54, 1.807) is 85.3 Å². The third-order valence-corrected chi connectivity index (χ3v) is 6.14. The molecule has 0 amide bonds. The van der Waals surface area contributed by atoms with Crippen molar-refractivity contribution in [3.05, 3.63) is 149 Å². The fourth-order valence-electron chi connectivity index (χ4n) is 3.67. The molecule has 0 saturated heterocycles. The number of nitrogen functional groups attached to an aromatic ring is 1. The Morgan fingerprint density at radius 2 is 1.14 bits per heavy atom. The third-order valence-electron chi connectivity index (χ3n) is 5.98. The van der Waals surface area contributed by atoms with Crippen LogP contribution in [0.4, 0.5) is 26.2 Å². The molecule has 0 unspecified atom stereocenters. The Labute approximate surface area is 333 Å². The molecule has 0 bridgehead atoms. The van der Waals surface area contributed by atoms with Gasteiger partial charge in [-0.1, -0.05) is 57.9 Å². The van der Waals surface area contributed by atoms with E-state index in [0.717, 1.165) is 0 Å². The summed E-state index contributed by atoms with van der Waals surface area (Å²) in [7, 11) is 0. The minimum atomic E-state index is -3.22. The molecular formula is C33H24Cl4F2N11O5P. The zero-order chi connectivity index (χ0) is 40.3. The Morgan fingerprint density at radius 3 is 1.59 bits per heavy atom. The van der Waals surface area contributed by atoms with Crippen LogP contribution in [0.15, 0.2) is 140 Å². The van der Waals surface area contributed by atoms with Crippen molar-refractivity contribution in [3.63, 3.8) is 0 Å². The van der Waals surface area contributed by atoms with Gasteiger partial charge in [0.1, 0.15) is 28.7 Å². The molecule has 6 aromatic heterocycles. The van der Waals surface area contributed by atoms with Crippen molar-refractivity contribution in [2.24, 2.45) is 0 Å². The molecule has 6 heterocycles. The molecule has 288 valence electrons. The number of nitrogens with zero attached hydrogens (tertiary/aromatic N) is 8. The van der Waals surface area contributed by atoms with Crippen LogP contribution in [0.2, 0.25) is 5.35 Å². The van der Waals surface area contributed by atoms with Crippen molar-refractivity contribution in [3.8, 4) is 34.6 Å². The summed E-state index contributed by atoms with van der Waals surface area (Å²) in [5, 5.41) is 10.4. The molecule has 0 atom stereocenters. The molecule has 0 radical (unpaired) electrons. The predicted octanol–water partition coefficient (Wildman–Crippen LogP) is 9.44. The number of para-hydroxylation sites is 2. The van der Waals surface area contributed by atoms with Gasteiger partial charge in [0.05, 0.1) is 11.4 Å². The van der Waals surface area contributed by atoms with Crippen LogP contribution in [0.25, 0.3) is 34.6 Å². The molecule has 0 saturated carbocycles. The highest BCUT2D eigenvalue weighted by atomic mass is 36.0. The first-order valence-corrected chi connectivity index (χ1v) is 20.0. The van der Waals surface area contributed by atoms with Gasteiger partial charge in [0.2, 0.25) is 17.5 Å². The van der Waals surface area contributed by atoms with Crippen LogP contribution < -0.4 is 16.8 Å². The molecular weight excluding hydrogens is 841 g/mol. The van der Waals surface area contributed by atoms with E-state index in [2.05, 4.69) is 93.5 Å². The molecule has 16 nitrogen and oxygen atoms in total. The van der Waals surface area contributed by atoms with Crippen molar-refractivity contribution >= 4 is 67.9 Å². The first kappa shape index (κ1) is 42.7. The number of H-pyrrole nitrogens is 1. The fraction of sp³-hybridized carbons (Fsp3) is 0. The number of pyridine rings is 3. The van der Waals surface area contributed by atoms with Crippen LogP contribution >= 0.6 is 50.5 Å². The normalized spacial score (nSPS) is 10.2. The number of anilines is 3. The summed E-state index contributed by atoms with van der Waals surface area (Å²) in [4.78, 5) is 32.9. The van der Waals surface area contributed by atoms with E-state index < -0.39 is 11.0 Å². The average molecular weight is 865 g/mol. The number of nitrogens with one attached hydrogen (secondary N) is 2. The van der Waals surface area contributed by atoms with Gasteiger partial charge in [0.15, 0.2) is 0 Å². The maximum atomic E-state index is 13.4. The van der Waals surface area contributed by atoms with Gasteiger partial charge in [-0.15, -0.1) is 0 Å². The van der Waals surface area contributed by atoms with Gasteiger partial charge in [0.25, 0.3) is 0 Å². The maximum Gasteiger partial charge on any atom is 0.439 e. The van der Waals surface area contributed by atoms with E-state index in [0.29, 0.717) is 34.6 Å². The van der Waals surface area contributed by atoms with Gasteiger partial charge >= 0.3 is 22.3 Å². The van der Waals surface area contributed by atoms with E-state index in [4.69, 9.17) is 21.9 Å². The second-order valence-electron chi connectivity index (χ2n) is 9.91. The van der Waals surface area contributed by atoms with Crippen LogP contribution in [0, 0.1) is 11.6 Å². The highest BCUT2D eigenvalue weighted by Crippen LogP contribution is 2.61. The van der Waals surface area contributed by atoms with Crippen molar-refractivity contribution < 1.29 is 26.9 Å². The number of nitrogens with two attached hydrogens (primary N) is 1. The van der Waals surface area contributed by atoms with Gasteiger partial charge in [-0.3, -0.25) is 29.0 Å². The molecule has 8 aromatic rings. The average Bonchev–Trinajstić information content (AvgIpc) is 3.97. The summed E-state index contributed by atoms with van der Waals surface area (Å²) in [6.07, 6.45) is 4.90. The maximum absolute atomic E-state index is 13.4. The van der Waals surface area contributed by atoms with Crippen molar-refractivity contribution in [1.82, 2.24) is 45.4 Å². The van der Waals surface area contributed by atoms with Crippen molar-refractivity contribution in [2.45, 2.75) is 0 Å². The lowest BCUT2D eigenvalue weighted by Crippen LogP contribution is -1.95. The van der Waals surface area contributed by atoms with Gasteiger partial charge in [-0.05, 0) is 106 Å². The van der Waals surface area contributed by atoms with Crippen molar-refractivity contribution in [1.29, 1.82) is 0 Å². The van der Waals surface area contributed by atoms with Gasteiger partial charge in [-0.25, -0.2) is 13.6 Å². The lowest BCUT2D eigenvalue weighted by atomic mass is 10.3. The number of aromatic nitrogens is 9. The Balaban J connectivity index is 0.000000166. The van der Waals surface area contributed by atoms with E-state index in [-0.39, 0.29) is 34.4 Å². The van der Waals surface area contributed by atoms with Gasteiger partial charge in [-0.2, -0.15) is 9.97 Å². The second-order valence-corrected chi connectivity index (χ2v) is 16.9. The Kier molecular flexibility index (Phi) is 16.6.